The molecule has 106 valence electrons. The molecule has 0 radical (unpaired) electrons. The molecular weight excluding hydrogens is 267 g/mol. The van der Waals surface area contributed by atoms with Crippen LogP contribution in [0.4, 0.5) is 4.39 Å². The molecule has 1 aromatic heterocycles. The highest BCUT2D eigenvalue weighted by Crippen LogP contribution is 2.29. The summed E-state index contributed by atoms with van der Waals surface area (Å²) < 4.78 is 19.0. The maximum absolute atomic E-state index is 13.3. The Morgan fingerprint density at radius 2 is 2.05 bits per heavy atom. The minimum absolute atomic E-state index is 0.277. The van der Waals surface area contributed by atoms with Gasteiger partial charge >= 0.3 is 0 Å². The van der Waals surface area contributed by atoms with Crippen LogP contribution in [0.1, 0.15) is 35.2 Å². The zero-order valence-corrected chi connectivity index (χ0v) is 11.8. The van der Waals surface area contributed by atoms with Crippen molar-refractivity contribution >= 4 is 0 Å². The van der Waals surface area contributed by atoms with Crippen LogP contribution in [0.15, 0.2) is 24.3 Å². The van der Waals surface area contributed by atoms with Crippen LogP contribution >= 0.6 is 0 Å². The molecule has 3 nitrogen and oxygen atoms in total. The number of hydrogen-bond donors (Lipinski definition) is 0. The Labute approximate surface area is 123 Å². The third-order valence-electron chi connectivity index (χ3n) is 3.73. The fraction of sp³-hybridized carbons (Fsp3) is 0.294. The van der Waals surface area contributed by atoms with Crippen LogP contribution in [0.2, 0.25) is 0 Å². The van der Waals surface area contributed by atoms with Crippen LogP contribution in [-0.2, 0) is 12.8 Å². The largest absolute Gasteiger partial charge is 0.438 e. The third kappa shape index (κ3) is 2.73. The van der Waals surface area contributed by atoms with Crippen LogP contribution in [0, 0.1) is 24.1 Å². The summed E-state index contributed by atoms with van der Waals surface area (Å²) in [6.07, 6.45) is 4.13. The van der Waals surface area contributed by atoms with E-state index in [4.69, 9.17) is 4.74 Å². The van der Waals surface area contributed by atoms with Gasteiger partial charge in [-0.3, -0.25) is 0 Å². The van der Waals surface area contributed by atoms with Crippen molar-refractivity contribution in [1.29, 1.82) is 5.26 Å². The van der Waals surface area contributed by atoms with E-state index in [-0.39, 0.29) is 5.82 Å². The van der Waals surface area contributed by atoms with Gasteiger partial charge in [-0.25, -0.2) is 9.37 Å². The van der Waals surface area contributed by atoms with Gasteiger partial charge in [0.05, 0.1) is 0 Å². The molecular formula is C17H15FN2O. The number of nitriles is 1. The summed E-state index contributed by atoms with van der Waals surface area (Å²) in [6.45, 7) is 1.67. The number of halogens is 1. The quantitative estimate of drug-likeness (QED) is 0.834. The Hall–Kier alpha value is -2.41. The summed E-state index contributed by atoms with van der Waals surface area (Å²) in [7, 11) is 0. The predicted molar refractivity (Wildman–Crippen MR) is 76.8 cm³/mol. The number of fused-ring (bicyclic) bond motifs is 1. The first-order valence-electron chi connectivity index (χ1n) is 7.04. The van der Waals surface area contributed by atoms with Gasteiger partial charge < -0.3 is 4.74 Å². The summed E-state index contributed by atoms with van der Waals surface area (Å²) in [5.74, 6) is 0.527. The molecule has 0 saturated carbocycles. The zero-order valence-electron chi connectivity index (χ0n) is 11.8. The summed E-state index contributed by atoms with van der Waals surface area (Å²) >= 11 is 0. The lowest BCUT2D eigenvalue weighted by Crippen LogP contribution is -2.07. The highest BCUT2D eigenvalue weighted by molar-refractivity contribution is 5.45. The minimum Gasteiger partial charge on any atom is -0.438 e. The number of benzene rings is 1. The van der Waals surface area contributed by atoms with Gasteiger partial charge in [0, 0.05) is 5.69 Å². The summed E-state index contributed by atoms with van der Waals surface area (Å²) in [5, 5.41) is 9.27. The first-order chi connectivity index (χ1) is 10.2. The van der Waals surface area contributed by atoms with E-state index >= 15 is 0 Å². The molecule has 0 bridgehead atoms. The Kier molecular flexibility index (Phi) is 3.57. The first kappa shape index (κ1) is 13.6. The molecule has 0 N–H and O–H groups in total. The van der Waals surface area contributed by atoms with Crippen LogP contribution in [0.3, 0.4) is 0 Å². The molecule has 0 saturated heterocycles. The highest BCUT2D eigenvalue weighted by Gasteiger charge is 2.16. The van der Waals surface area contributed by atoms with Crippen molar-refractivity contribution in [2.45, 2.75) is 32.6 Å². The number of rotatable bonds is 2. The standard InChI is InChI=1S/C17H15FN2O/c1-11-8-14(6-7-15(11)18)21-17-13(10-19)9-12-4-2-3-5-16(12)20-17/h6-9H,2-5H2,1H3. The lowest BCUT2D eigenvalue weighted by atomic mass is 9.95. The summed E-state index contributed by atoms with van der Waals surface area (Å²) in [5.41, 5.74) is 3.08. The van der Waals surface area contributed by atoms with Gasteiger partial charge in [-0.1, -0.05) is 0 Å². The van der Waals surface area contributed by atoms with Crippen molar-refractivity contribution in [1.82, 2.24) is 4.98 Å². The second-order valence-corrected chi connectivity index (χ2v) is 5.28. The van der Waals surface area contributed by atoms with Gasteiger partial charge in [-0.15, -0.1) is 0 Å². The van der Waals surface area contributed by atoms with E-state index in [1.807, 2.05) is 6.07 Å². The Balaban J connectivity index is 1.97. The van der Waals surface area contributed by atoms with Gasteiger partial charge in [-0.2, -0.15) is 5.26 Å². The lowest BCUT2D eigenvalue weighted by molar-refractivity contribution is 0.454. The van der Waals surface area contributed by atoms with E-state index in [2.05, 4.69) is 11.1 Å². The molecule has 2 aromatic rings. The summed E-state index contributed by atoms with van der Waals surface area (Å²) in [6, 6.07) is 8.51. The number of pyridine rings is 1. The van der Waals surface area contributed by atoms with Crippen molar-refractivity contribution in [2.75, 3.05) is 0 Å². The lowest BCUT2D eigenvalue weighted by Gasteiger charge is -2.16. The Morgan fingerprint density at radius 1 is 1.24 bits per heavy atom. The monoisotopic (exact) mass is 282 g/mol. The zero-order chi connectivity index (χ0) is 14.8. The molecule has 3 rings (SSSR count). The first-order valence-corrected chi connectivity index (χ1v) is 7.04. The molecule has 21 heavy (non-hydrogen) atoms. The van der Waals surface area contributed by atoms with Gasteiger partial charge in [0.1, 0.15) is 23.2 Å². The molecule has 4 heteroatoms. The minimum atomic E-state index is -0.277. The Morgan fingerprint density at radius 3 is 2.81 bits per heavy atom. The topological polar surface area (TPSA) is 45.9 Å². The maximum Gasteiger partial charge on any atom is 0.237 e. The van der Waals surface area contributed by atoms with Gasteiger partial charge in [0.15, 0.2) is 0 Å². The van der Waals surface area contributed by atoms with E-state index < -0.39 is 0 Å². The van der Waals surface area contributed by atoms with E-state index in [9.17, 15) is 9.65 Å². The van der Waals surface area contributed by atoms with Crippen molar-refractivity contribution < 1.29 is 9.13 Å². The average Bonchev–Trinajstić information content (AvgIpc) is 2.50. The number of aryl methyl sites for hydroxylation is 3. The van der Waals surface area contributed by atoms with E-state index in [1.54, 1.807) is 19.1 Å². The molecule has 1 heterocycles. The van der Waals surface area contributed by atoms with Crippen LogP contribution in [-0.4, -0.2) is 4.98 Å². The fourth-order valence-electron chi connectivity index (χ4n) is 2.56. The van der Waals surface area contributed by atoms with Crippen molar-refractivity contribution in [3.05, 3.63) is 52.5 Å². The normalized spacial score (nSPS) is 13.4. The van der Waals surface area contributed by atoms with Crippen molar-refractivity contribution in [3.63, 3.8) is 0 Å². The maximum atomic E-state index is 13.3. The highest BCUT2D eigenvalue weighted by atomic mass is 19.1. The molecule has 0 spiro atoms. The molecule has 0 atom stereocenters. The third-order valence-corrected chi connectivity index (χ3v) is 3.73. The van der Waals surface area contributed by atoms with Crippen LogP contribution in [0.25, 0.3) is 0 Å². The predicted octanol–water partition coefficient (Wildman–Crippen LogP) is 4.07. The average molecular weight is 282 g/mol. The smallest absolute Gasteiger partial charge is 0.237 e. The SMILES string of the molecule is Cc1cc(Oc2nc3c(cc2C#N)CCCC3)ccc1F. The molecule has 1 aromatic carbocycles. The number of aromatic nitrogens is 1. The number of nitrogens with zero attached hydrogens (tertiary/aromatic N) is 2. The number of ether oxygens (including phenoxy) is 1. The van der Waals surface area contributed by atoms with Crippen LogP contribution in [0.5, 0.6) is 11.6 Å². The summed E-state index contributed by atoms with van der Waals surface area (Å²) in [4.78, 5) is 4.49. The van der Waals surface area contributed by atoms with E-state index in [1.165, 1.54) is 6.07 Å². The number of hydrogen-bond acceptors (Lipinski definition) is 3. The second-order valence-electron chi connectivity index (χ2n) is 5.28. The van der Waals surface area contributed by atoms with E-state index in [0.717, 1.165) is 36.9 Å². The molecule has 0 aliphatic heterocycles. The van der Waals surface area contributed by atoms with Crippen LogP contribution < -0.4 is 4.74 Å². The molecule has 1 aliphatic carbocycles. The second kappa shape index (κ2) is 5.53. The molecule has 1 aliphatic rings. The van der Waals surface area contributed by atoms with Gasteiger partial charge in [-0.05, 0) is 68.0 Å². The molecule has 0 unspecified atom stereocenters. The molecule has 0 fully saturated rings. The van der Waals surface area contributed by atoms with Gasteiger partial charge in [0.2, 0.25) is 5.88 Å². The fourth-order valence-corrected chi connectivity index (χ4v) is 2.56. The van der Waals surface area contributed by atoms with Crippen molar-refractivity contribution in [3.8, 4) is 17.7 Å². The molecule has 0 amide bonds. The van der Waals surface area contributed by atoms with Gasteiger partial charge in [0.25, 0.3) is 0 Å². The van der Waals surface area contributed by atoms with E-state index in [0.29, 0.717) is 22.8 Å². The Bertz CT molecular complexity index is 734. The van der Waals surface area contributed by atoms with Crippen molar-refractivity contribution in [2.24, 2.45) is 0 Å².